The van der Waals surface area contributed by atoms with Crippen molar-refractivity contribution < 1.29 is 28.7 Å². The Kier molecular flexibility index (Phi) is 7.84. The fraction of sp³-hybridized carbons (Fsp3) is 0.385. The third-order valence-corrected chi connectivity index (χ3v) is 6.29. The standard InChI is InChI=1S/C26H30N4O6/c1-18-6-5-7-19(2)26(18)27-22(31)14-28-10-12-29(13-11-28)23(32)16-36-25(34)15-30-20-8-3-4-9-21(20)35-17-24(30)33/h3-9H,10-17H2,1-2H3,(H,27,31). The maximum atomic E-state index is 12.6. The number of anilines is 2. The highest BCUT2D eigenvalue weighted by Crippen LogP contribution is 2.31. The molecular weight excluding hydrogens is 464 g/mol. The van der Waals surface area contributed by atoms with E-state index in [1.165, 1.54) is 4.90 Å². The molecule has 190 valence electrons. The van der Waals surface area contributed by atoms with Gasteiger partial charge in [0.1, 0.15) is 12.3 Å². The average Bonchev–Trinajstić information content (AvgIpc) is 2.87. The van der Waals surface area contributed by atoms with Crippen molar-refractivity contribution in [2.24, 2.45) is 0 Å². The molecule has 0 saturated carbocycles. The summed E-state index contributed by atoms with van der Waals surface area (Å²) in [6.07, 6.45) is 0. The molecule has 1 fully saturated rings. The summed E-state index contributed by atoms with van der Waals surface area (Å²) in [5, 5.41) is 2.98. The van der Waals surface area contributed by atoms with Crippen LogP contribution in [0.1, 0.15) is 11.1 Å². The van der Waals surface area contributed by atoms with E-state index < -0.39 is 12.6 Å². The number of nitrogens with one attached hydrogen (secondary N) is 1. The van der Waals surface area contributed by atoms with Gasteiger partial charge in [0, 0.05) is 31.9 Å². The van der Waals surface area contributed by atoms with Crippen molar-refractivity contribution in [2.75, 3.05) is 62.7 Å². The molecule has 0 aromatic heterocycles. The van der Waals surface area contributed by atoms with Crippen molar-refractivity contribution in [2.45, 2.75) is 13.8 Å². The van der Waals surface area contributed by atoms with Gasteiger partial charge in [-0.05, 0) is 37.1 Å². The zero-order valence-corrected chi connectivity index (χ0v) is 20.5. The molecule has 3 amide bonds. The van der Waals surface area contributed by atoms with Crippen LogP contribution in [0.15, 0.2) is 42.5 Å². The molecule has 2 heterocycles. The summed E-state index contributed by atoms with van der Waals surface area (Å²) in [5.41, 5.74) is 3.35. The van der Waals surface area contributed by atoms with E-state index in [1.807, 2.05) is 36.9 Å². The Morgan fingerprint density at radius 2 is 1.64 bits per heavy atom. The number of carbonyl (C=O) groups is 4. The Balaban J connectivity index is 1.20. The van der Waals surface area contributed by atoms with Crippen molar-refractivity contribution in [3.05, 3.63) is 53.6 Å². The summed E-state index contributed by atoms with van der Waals surface area (Å²) in [7, 11) is 0. The molecule has 2 aromatic rings. The van der Waals surface area contributed by atoms with E-state index in [4.69, 9.17) is 9.47 Å². The largest absolute Gasteiger partial charge is 0.482 e. The summed E-state index contributed by atoms with van der Waals surface area (Å²) in [5.74, 6) is -0.913. The van der Waals surface area contributed by atoms with Crippen LogP contribution in [0.2, 0.25) is 0 Å². The number of hydrogen-bond donors (Lipinski definition) is 1. The van der Waals surface area contributed by atoms with Gasteiger partial charge in [0.05, 0.1) is 12.2 Å². The van der Waals surface area contributed by atoms with E-state index in [0.717, 1.165) is 16.8 Å². The molecule has 0 spiro atoms. The Bertz CT molecular complexity index is 1140. The number of piperazine rings is 1. The molecule has 1 saturated heterocycles. The Morgan fingerprint density at radius 3 is 2.36 bits per heavy atom. The van der Waals surface area contributed by atoms with Gasteiger partial charge >= 0.3 is 5.97 Å². The monoisotopic (exact) mass is 494 g/mol. The first kappa shape index (κ1) is 25.2. The highest BCUT2D eigenvalue weighted by molar-refractivity contribution is 6.01. The van der Waals surface area contributed by atoms with Gasteiger partial charge in [0.15, 0.2) is 13.2 Å². The molecule has 4 rings (SSSR count). The van der Waals surface area contributed by atoms with Gasteiger partial charge in [-0.25, -0.2) is 0 Å². The second-order valence-electron chi connectivity index (χ2n) is 8.87. The molecule has 1 N–H and O–H groups in total. The molecule has 0 radical (unpaired) electrons. The Labute approximate surface area is 209 Å². The van der Waals surface area contributed by atoms with Crippen molar-refractivity contribution in [1.29, 1.82) is 0 Å². The van der Waals surface area contributed by atoms with Crippen LogP contribution in [0.4, 0.5) is 11.4 Å². The van der Waals surface area contributed by atoms with Crippen LogP contribution in [-0.4, -0.2) is 86.0 Å². The van der Waals surface area contributed by atoms with Gasteiger partial charge in [-0.3, -0.25) is 29.0 Å². The van der Waals surface area contributed by atoms with Gasteiger partial charge in [0.25, 0.3) is 11.8 Å². The first-order valence-corrected chi connectivity index (χ1v) is 11.9. The second-order valence-corrected chi connectivity index (χ2v) is 8.87. The quantitative estimate of drug-likeness (QED) is 0.579. The van der Waals surface area contributed by atoms with E-state index in [0.29, 0.717) is 37.6 Å². The number of carbonyl (C=O) groups excluding carboxylic acids is 4. The third-order valence-electron chi connectivity index (χ3n) is 6.29. The van der Waals surface area contributed by atoms with E-state index in [2.05, 4.69) is 5.32 Å². The number of ether oxygens (including phenoxy) is 2. The van der Waals surface area contributed by atoms with Crippen molar-refractivity contribution in [3.63, 3.8) is 0 Å². The lowest BCUT2D eigenvalue weighted by Gasteiger charge is -2.34. The van der Waals surface area contributed by atoms with E-state index in [1.54, 1.807) is 29.2 Å². The van der Waals surface area contributed by atoms with Crippen LogP contribution in [0.3, 0.4) is 0 Å². The van der Waals surface area contributed by atoms with Crippen LogP contribution in [-0.2, 0) is 23.9 Å². The lowest BCUT2D eigenvalue weighted by Crippen LogP contribution is -2.51. The van der Waals surface area contributed by atoms with E-state index in [9.17, 15) is 19.2 Å². The number of rotatable bonds is 7. The molecule has 10 heteroatoms. The molecule has 10 nitrogen and oxygen atoms in total. The predicted molar refractivity (Wildman–Crippen MR) is 133 cm³/mol. The number of nitrogens with zero attached hydrogens (tertiary/aromatic N) is 3. The fourth-order valence-corrected chi connectivity index (χ4v) is 4.28. The molecule has 36 heavy (non-hydrogen) atoms. The number of aryl methyl sites for hydroxylation is 2. The third kappa shape index (κ3) is 6.01. The molecular formula is C26H30N4O6. The first-order valence-electron chi connectivity index (χ1n) is 11.9. The number of benzene rings is 2. The maximum Gasteiger partial charge on any atom is 0.326 e. The summed E-state index contributed by atoms with van der Waals surface area (Å²) in [6, 6.07) is 12.8. The van der Waals surface area contributed by atoms with Gasteiger partial charge in [-0.15, -0.1) is 0 Å². The molecule has 0 unspecified atom stereocenters. The maximum absolute atomic E-state index is 12.6. The topological polar surface area (TPSA) is 108 Å². The molecule has 2 aromatic carbocycles. The van der Waals surface area contributed by atoms with Crippen LogP contribution in [0, 0.1) is 13.8 Å². The summed E-state index contributed by atoms with van der Waals surface area (Å²) < 4.78 is 10.5. The van der Waals surface area contributed by atoms with Crippen molar-refractivity contribution in [1.82, 2.24) is 9.80 Å². The number of amides is 3. The molecule has 0 bridgehead atoms. The predicted octanol–water partition coefficient (Wildman–Crippen LogP) is 1.35. The van der Waals surface area contributed by atoms with Gasteiger partial charge in [0.2, 0.25) is 5.91 Å². The smallest absolute Gasteiger partial charge is 0.326 e. The Hall–Kier alpha value is -3.92. The molecule has 0 atom stereocenters. The zero-order valence-electron chi connectivity index (χ0n) is 20.5. The van der Waals surface area contributed by atoms with Crippen LogP contribution in [0.5, 0.6) is 5.75 Å². The highest BCUT2D eigenvalue weighted by atomic mass is 16.5. The second kappa shape index (κ2) is 11.2. The number of fused-ring (bicyclic) bond motifs is 1. The zero-order chi connectivity index (χ0) is 25.7. The minimum Gasteiger partial charge on any atom is -0.482 e. The van der Waals surface area contributed by atoms with E-state index in [-0.39, 0.29) is 37.4 Å². The summed E-state index contributed by atoms with van der Waals surface area (Å²) >= 11 is 0. The minimum atomic E-state index is -0.671. The first-order chi connectivity index (χ1) is 17.3. The molecule has 0 aliphatic carbocycles. The normalized spacial score (nSPS) is 15.7. The van der Waals surface area contributed by atoms with Gasteiger partial charge in [-0.1, -0.05) is 30.3 Å². The number of esters is 1. The van der Waals surface area contributed by atoms with Crippen LogP contribution in [0.25, 0.3) is 0 Å². The number of para-hydroxylation sites is 3. The fourth-order valence-electron chi connectivity index (χ4n) is 4.28. The van der Waals surface area contributed by atoms with Gasteiger partial charge in [-0.2, -0.15) is 0 Å². The highest BCUT2D eigenvalue weighted by Gasteiger charge is 2.28. The SMILES string of the molecule is Cc1cccc(C)c1NC(=O)CN1CCN(C(=O)COC(=O)CN2C(=O)COc3ccccc32)CC1. The van der Waals surface area contributed by atoms with Crippen molar-refractivity contribution >= 4 is 35.1 Å². The van der Waals surface area contributed by atoms with Crippen molar-refractivity contribution in [3.8, 4) is 5.75 Å². The minimum absolute atomic E-state index is 0.0969. The molecule has 2 aliphatic heterocycles. The number of hydrogen-bond acceptors (Lipinski definition) is 7. The Morgan fingerprint density at radius 1 is 0.944 bits per heavy atom. The molecule has 2 aliphatic rings. The summed E-state index contributed by atoms with van der Waals surface area (Å²) in [4.78, 5) is 54.5. The summed E-state index contributed by atoms with van der Waals surface area (Å²) in [6.45, 7) is 5.25. The van der Waals surface area contributed by atoms with Crippen LogP contribution < -0.4 is 15.0 Å². The lowest BCUT2D eigenvalue weighted by molar-refractivity contribution is -0.152. The van der Waals surface area contributed by atoms with Gasteiger partial charge < -0.3 is 19.7 Å². The van der Waals surface area contributed by atoms with Crippen LogP contribution >= 0.6 is 0 Å². The average molecular weight is 495 g/mol. The lowest BCUT2D eigenvalue weighted by atomic mass is 10.1. The van der Waals surface area contributed by atoms with E-state index >= 15 is 0 Å².